The predicted molar refractivity (Wildman–Crippen MR) is 69.5 cm³/mol. The van der Waals surface area contributed by atoms with E-state index in [1.807, 2.05) is 13.1 Å². The zero-order valence-electron chi connectivity index (χ0n) is 10.8. The van der Waals surface area contributed by atoms with Gasteiger partial charge >= 0.3 is 0 Å². The molecule has 0 saturated heterocycles. The lowest BCUT2D eigenvalue weighted by atomic mass is 9.69. The quantitative estimate of drug-likeness (QED) is 0.798. The summed E-state index contributed by atoms with van der Waals surface area (Å²) in [6.45, 7) is 1.70. The zero-order chi connectivity index (χ0) is 13.0. The molecule has 0 radical (unpaired) electrons. The van der Waals surface area contributed by atoms with Crippen molar-refractivity contribution in [2.45, 2.75) is 25.7 Å². The largest absolute Gasteiger partial charge is 0.304 e. The highest BCUT2D eigenvalue weighted by Crippen LogP contribution is 2.40. The molecule has 1 aromatic rings. The van der Waals surface area contributed by atoms with Gasteiger partial charge < -0.3 is 4.90 Å². The SMILES string of the molecule is CN(CCc1cccc(F)c1)CC1(C#N)CCC1. The van der Waals surface area contributed by atoms with Gasteiger partial charge in [0.15, 0.2) is 0 Å². The third-order valence-corrected chi connectivity index (χ3v) is 3.79. The average molecular weight is 246 g/mol. The van der Waals surface area contributed by atoms with Gasteiger partial charge in [-0.1, -0.05) is 18.6 Å². The van der Waals surface area contributed by atoms with E-state index in [0.717, 1.165) is 37.9 Å². The van der Waals surface area contributed by atoms with Crippen molar-refractivity contribution < 1.29 is 4.39 Å². The van der Waals surface area contributed by atoms with E-state index in [0.29, 0.717) is 0 Å². The van der Waals surface area contributed by atoms with Crippen LogP contribution in [0.3, 0.4) is 0 Å². The molecule has 0 spiro atoms. The molecule has 1 fully saturated rings. The smallest absolute Gasteiger partial charge is 0.123 e. The number of halogens is 1. The Kier molecular flexibility index (Phi) is 3.98. The van der Waals surface area contributed by atoms with Gasteiger partial charge in [0.2, 0.25) is 0 Å². The Morgan fingerprint density at radius 1 is 1.44 bits per heavy atom. The van der Waals surface area contributed by atoms with E-state index in [9.17, 15) is 9.65 Å². The van der Waals surface area contributed by atoms with Crippen LogP contribution in [0.15, 0.2) is 24.3 Å². The lowest BCUT2D eigenvalue weighted by Gasteiger charge is -2.38. The molecule has 0 bridgehead atoms. The number of nitrogens with zero attached hydrogens (tertiary/aromatic N) is 2. The highest BCUT2D eigenvalue weighted by atomic mass is 19.1. The van der Waals surface area contributed by atoms with E-state index in [1.54, 1.807) is 12.1 Å². The normalized spacial score (nSPS) is 17.2. The van der Waals surface area contributed by atoms with Crippen LogP contribution in [0.5, 0.6) is 0 Å². The first-order valence-electron chi connectivity index (χ1n) is 6.48. The molecule has 1 aromatic carbocycles. The van der Waals surface area contributed by atoms with E-state index >= 15 is 0 Å². The number of benzene rings is 1. The number of hydrogen-bond donors (Lipinski definition) is 0. The van der Waals surface area contributed by atoms with Gasteiger partial charge in [0, 0.05) is 13.1 Å². The Hall–Kier alpha value is -1.40. The number of likely N-dealkylation sites (N-methyl/N-ethyl adjacent to an activating group) is 1. The monoisotopic (exact) mass is 246 g/mol. The van der Waals surface area contributed by atoms with Gasteiger partial charge in [0.25, 0.3) is 0 Å². The maximum atomic E-state index is 13.0. The van der Waals surface area contributed by atoms with Gasteiger partial charge in [-0.2, -0.15) is 5.26 Å². The van der Waals surface area contributed by atoms with Gasteiger partial charge in [0.05, 0.1) is 11.5 Å². The molecule has 0 aliphatic heterocycles. The van der Waals surface area contributed by atoms with E-state index in [1.165, 1.54) is 12.5 Å². The summed E-state index contributed by atoms with van der Waals surface area (Å²) >= 11 is 0. The fraction of sp³-hybridized carbons (Fsp3) is 0.533. The summed E-state index contributed by atoms with van der Waals surface area (Å²) in [5.74, 6) is -0.178. The van der Waals surface area contributed by atoms with Gasteiger partial charge in [-0.3, -0.25) is 0 Å². The van der Waals surface area contributed by atoms with E-state index < -0.39 is 0 Å². The lowest BCUT2D eigenvalue weighted by molar-refractivity contribution is 0.139. The third kappa shape index (κ3) is 3.08. The molecule has 0 aromatic heterocycles. The van der Waals surface area contributed by atoms with Crippen LogP contribution in [0.4, 0.5) is 4.39 Å². The summed E-state index contributed by atoms with van der Waals surface area (Å²) < 4.78 is 13.0. The molecule has 3 heteroatoms. The van der Waals surface area contributed by atoms with Crippen LogP contribution in [-0.2, 0) is 6.42 Å². The first-order chi connectivity index (χ1) is 8.63. The molecule has 0 amide bonds. The molecule has 1 aliphatic rings. The molecular formula is C15H19FN2. The summed E-state index contributed by atoms with van der Waals surface area (Å²) in [6.07, 6.45) is 4.04. The second-order valence-electron chi connectivity index (χ2n) is 5.36. The molecule has 18 heavy (non-hydrogen) atoms. The number of rotatable bonds is 5. The highest BCUT2D eigenvalue weighted by molar-refractivity contribution is 5.16. The third-order valence-electron chi connectivity index (χ3n) is 3.79. The number of nitriles is 1. The Morgan fingerprint density at radius 2 is 2.22 bits per heavy atom. The van der Waals surface area contributed by atoms with Crippen LogP contribution in [0.25, 0.3) is 0 Å². The molecule has 2 nitrogen and oxygen atoms in total. The Balaban J connectivity index is 1.82. The molecule has 1 aliphatic carbocycles. The van der Waals surface area contributed by atoms with Crippen molar-refractivity contribution in [1.29, 1.82) is 5.26 Å². The predicted octanol–water partition coefficient (Wildman–Crippen LogP) is 2.99. The first-order valence-corrected chi connectivity index (χ1v) is 6.48. The molecule has 0 atom stereocenters. The summed E-state index contributed by atoms with van der Waals surface area (Å²) in [5, 5.41) is 9.18. The minimum atomic E-state index is -0.178. The molecule has 1 saturated carbocycles. The standard InChI is InChI=1S/C15H19FN2/c1-18(12-15(11-17)7-3-8-15)9-6-13-4-2-5-14(16)10-13/h2,4-5,10H,3,6-9,12H2,1H3. The highest BCUT2D eigenvalue weighted by Gasteiger charge is 2.37. The first kappa shape index (κ1) is 13.0. The van der Waals surface area contributed by atoms with Crippen molar-refractivity contribution >= 4 is 0 Å². The Bertz CT molecular complexity index is 446. The Morgan fingerprint density at radius 3 is 2.78 bits per heavy atom. The molecule has 96 valence electrons. The Labute approximate surface area is 108 Å². The number of hydrogen-bond acceptors (Lipinski definition) is 2. The van der Waals surface area contributed by atoms with Crippen LogP contribution in [-0.4, -0.2) is 25.0 Å². The average Bonchev–Trinajstić information content (AvgIpc) is 2.31. The maximum absolute atomic E-state index is 13.0. The topological polar surface area (TPSA) is 27.0 Å². The summed E-state index contributed by atoms with van der Waals surface area (Å²) in [4.78, 5) is 2.19. The minimum Gasteiger partial charge on any atom is -0.304 e. The minimum absolute atomic E-state index is 0.114. The fourth-order valence-corrected chi connectivity index (χ4v) is 2.52. The van der Waals surface area contributed by atoms with E-state index in [4.69, 9.17) is 0 Å². The van der Waals surface area contributed by atoms with E-state index in [-0.39, 0.29) is 11.2 Å². The maximum Gasteiger partial charge on any atom is 0.123 e. The van der Waals surface area contributed by atoms with Crippen molar-refractivity contribution in [1.82, 2.24) is 4.90 Å². The molecular weight excluding hydrogens is 227 g/mol. The summed E-state index contributed by atoms with van der Waals surface area (Å²) in [5.41, 5.74) is 0.901. The van der Waals surface area contributed by atoms with Crippen LogP contribution in [0.2, 0.25) is 0 Å². The second kappa shape index (κ2) is 5.49. The second-order valence-corrected chi connectivity index (χ2v) is 5.36. The van der Waals surface area contributed by atoms with Gasteiger partial charge in [-0.05, 0) is 44.0 Å². The summed E-state index contributed by atoms with van der Waals surface area (Å²) in [6, 6.07) is 9.18. The van der Waals surface area contributed by atoms with Crippen molar-refractivity contribution in [2.75, 3.05) is 20.1 Å². The van der Waals surface area contributed by atoms with Crippen LogP contribution < -0.4 is 0 Å². The molecule has 0 unspecified atom stereocenters. The van der Waals surface area contributed by atoms with Crippen molar-refractivity contribution in [3.63, 3.8) is 0 Å². The molecule has 0 N–H and O–H groups in total. The van der Waals surface area contributed by atoms with Gasteiger partial charge in [-0.15, -0.1) is 0 Å². The van der Waals surface area contributed by atoms with Crippen molar-refractivity contribution in [3.05, 3.63) is 35.6 Å². The molecule has 0 heterocycles. The molecule has 2 rings (SSSR count). The van der Waals surface area contributed by atoms with Gasteiger partial charge in [0.1, 0.15) is 5.82 Å². The van der Waals surface area contributed by atoms with Crippen LogP contribution >= 0.6 is 0 Å². The zero-order valence-corrected chi connectivity index (χ0v) is 10.8. The van der Waals surface area contributed by atoms with Crippen LogP contribution in [0.1, 0.15) is 24.8 Å². The van der Waals surface area contributed by atoms with Crippen LogP contribution in [0, 0.1) is 22.6 Å². The van der Waals surface area contributed by atoms with Crippen molar-refractivity contribution in [2.24, 2.45) is 5.41 Å². The van der Waals surface area contributed by atoms with Gasteiger partial charge in [-0.25, -0.2) is 4.39 Å². The summed E-state index contributed by atoms with van der Waals surface area (Å²) in [7, 11) is 2.04. The fourth-order valence-electron chi connectivity index (χ4n) is 2.52. The van der Waals surface area contributed by atoms with E-state index in [2.05, 4.69) is 11.0 Å². The van der Waals surface area contributed by atoms with Crippen molar-refractivity contribution in [3.8, 4) is 6.07 Å². The lowest BCUT2D eigenvalue weighted by Crippen LogP contribution is -2.40.